The maximum absolute atomic E-state index is 13.4. The minimum Gasteiger partial charge on any atom is -0.457 e. The highest BCUT2D eigenvalue weighted by atomic mass is 16.5. The summed E-state index contributed by atoms with van der Waals surface area (Å²) in [5, 5.41) is 3.03. The van der Waals surface area contributed by atoms with Crippen LogP contribution >= 0.6 is 0 Å². The molecule has 0 aromatic heterocycles. The van der Waals surface area contributed by atoms with Crippen LogP contribution in [0.3, 0.4) is 0 Å². The summed E-state index contributed by atoms with van der Waals surface area (Å²) in [7, 11) is 3.70. The molecule has 0 heterocycles. The van der Waals surface area contributed by atoms with Gasteiger partial charge in [-0.1, -0.05) is 67.6 Å². The number of nitrogens with one attached hydrogen (secondary N) is 1. The lowest BCUT2D eigenvalue weighted by Gasteiger charge is -2.35. The highest BCUT2D eigenvalue weighted by molar-refractivity contribution is 5.97. The number of benzene rings is 3. The molecule has 1 unspecified atom stereocenters. The van der Waals surface area contributed by atoms with Crippen LogP contribution in [-0.2, 0) is 32.3 Å². The molecule has 0 radical (unpaired) electrons. The number of carbonyl (C=O) groups is 3. The van der Waals surface area contributed by atoms with Gasteiger partial charge in [0.1, 0.15) is 13.2 Å². The number of carbonyl (C=O) groups excluding carboxylic acids is 3. The summed E-state index contributed by atoms with van der Waals surface area (Å²) in [6.07, 6.45) is 0.535. The van der Waals surface area contributed by atoms with Crippen molar-refractivity contribution in [2.75, 3.05) is 26.0 Å². The van der Waals surface area contributed by atoms with Gasteiger partial charge in [-0.25, -0.2) is 9.59 Å². The Morgan fingerprint density at radius 1 is 0.816 bits per heavy atom. The number of aryl methyl sites for hydroxylation is 2. The largest absolute Gasteiger partial charge is 0.457 e. The van der Waals surface area contributed by atoms with E-state index in [-0.39, 0.29) is 36.1 Å². The fraction of sp³-hybridized carbons (Fsp3) is 0.323. The summed E-state index contributed by atoms with van der Waals surface area (Å²) < 4.78 is 11.1. The van der Waals surface area contributed by atoms with Gasteiger partial charge in [0.05, 0.1) is 19.7 Å². The maximum atomic E-state index is 13.4. The summed E-state index contributed by atoms with van der Waals surface area (Å²) in [4.78, 5) is 38.6. The molecule has 0 aliphatic rings. The molecule has 0 saturated carbocycles. The number of esters is 2. The second-order valence-corrected chi connectivity index (χ2v) is 10.0. The van der Waals surface area contributed by atoms with Crippen LogP contribution in [0.25, 0.3) is 0 Å². The van der Waals surface area contributed by atoms with Gasteiger partial charge in [0, 0.05) is 12.1 Å². The van der Waals surface area contributed by atoms with E-state index >= 15 is 0 Å². The SMILES string of the molecule is CCC(C(=O)Nc1c(C)cc(C(=O)OCc2ccccc2)cc1C)[N+](C)(C)CC(=O)OCc1ccccc1. The van der Waals surface area contributed by atoms with Crippen LogP contribution in [0, 0.1) is 13.8 Å². The third-order valence-corrected chi connectivity index (χ3v) is 6.54. The smallest absolute Gasteiger partial charge is 0.362 e. The molecular weight excluding hydrogens is 480 g/mol. The van der Waals surface area contributed by atoms with E-state index in [1.165, 1.54) is 0 Å². The summed E-state index contributed by atoms with van der Waals surface area (Å²) >= 11 is 0. The fourth-order valence-corrected chi connectivity index (χ4v) is 4.52. The van der Waals surface area contributed by atoms with Gasteiger partial charge in [-0.15, -0.1) is 0 Å². The lowest BCUT2D eigenvalue weighted by molar-refractivity contribution is -0.898. The molecule has 7 heteroatoms. The first-order valence-corrected chi connectivity index (χ1v) is 12.8. The first-order valence-electron chi connectivity index (χ1n) is 12.8. The van der Waals surface area contributed by atoms with Gasteiger partial charge in [-0.3, -0.25) is 4.79 Å². The van der Waals surface area contributed by atoms with Gasteiger partial charge in [0.25, 0.3) is 5.91 Å². The van der Waals surface area contributed by atoms with E-state index in [4.69, 9.17) is 9.47 Å². The number of rotatable bonds is 11. The van der Waals surface area contributed by atoms with Crippen molar-refractivity contribution >= 4 is 23.5 Å². The minimum atomic E-state index is -0.478. The molecule has 0 spiro atoms. The zero-order valence-corrected chi connectivity index (χ0v) is 22.8. The van der Waals surface area contributed by atoms with Gasteiger partial charge in [-0.05, 0) is 48.2 Å². The number of nitrogens with zero attached hydrogens (tertiary/aromatic N) is 1. The number of amides is 1. The van der Waals surface area contributed by atoms with Crippen molar-refractivity contribution in [2.45, 2.75) is 46.4 Å². The van der Waals surface area contributed by atoms with E-state index in [0.717, 1.165) is 22.3 Å². The van der Waals surface area contributed by atoms with E-state index in [0.29, 0.717) is 17.7 Å². The van der Waals surface area contributed by atoms with Crippen molar-refractivity contribution in [1.82, 2.24) is 0 Å². The van der Waals surface area contributed by atoms with Crippen LogP contribution in [0.4, 0.5) is 5.69 Å². The number of anilines is 1. The lowest BCUT2D eigenvalue weighted by atomic mass is 10.0. The van der Waals surface area contributed by atoms with Crippen LogP contribution in [0.2, 0.25) is 0 Å². The van der Waals surface area contributed by atoms with Crippen LogP contribution < -0.4 is 5.32 Å². The third-order valence-electron chi connectivity index (χ3n) is 6.54. The van der Waals surface area contributed by atoms with Gasteiger partial charge in [-0.2, -0.15) is 0 Å². The quantitative estimate of drug-likeness (QED) is 0.279. The van der Waals surface area contributed by atoms with Gasteiger partial charge < -0.3 is 19.3 Å². The number of likely N-dealkylation sites (N-methyl/N-ethyl adjacent to an activating group) is 1. The van der Waals surface area contributed by atoms with Crippen molar-refractivity contribution in [3.63, 3.8) is 0 Å². The van der Waals surface area contributed by atoms with Crippen molar-refractivity contribution in [1.29, 1.82) is 0 Å². The zero-order chi connectivity index (χ0) is 27.7. The van der Waals surface area contributed by atoms with Crippen LogP contribution in [-0.4, -0.2) is 49.0 Å². The summed E-state index contributed by atoms with van der Waals surface area (Å²) in [6, 6.07) is 21.9. The molecule has 0 saturated heterocycles. The fourth-order valence-electron chi connectivity index (χ4n) is 4.52. The molecule has 0 fully saturated rings. The molecule has 0 aliphatic heterocycles. The van der Waals surface area contributed by atoms with E-state index in [1.807, 2.05) is 95.5 Å². The van der Waals surface area contributed by atoms with Crippen LogP contribution in [0.1, 0.15) is 46.0 Å². The second-order valence-electron chi connectivity index (χ2n) is 10.0. The standard InChI is InChI=1S/C31H36N2O5/c1-6-27(33(4,5)19-28(34)37-20-24-13-9-7-10-14-24)30(35)32-29-22(2)17-26(18-23(29)3)31(36)38-21-25-15-11-8-12-16-25/h7-18,27H,6,19-21H2,1-5H3/p+1. The van der Waals surface area contributed by atoms with E-state index in [1.54, 1.807) is 12.1 Å². The van der Waals surface area contributed by atoms with Crippen molar-refractivity contribution < 1.29 is 28.3 Å². The van der Waals surface area contributed by atoms with Crippen molar-refractivity contribution in [2.24, 2.45) is 0 Å². The zero-order valence-electron chi connectivity index (χ0n) is 22.8. The average Bonchev–Trinajstić information content (AvgIpc) is 2.89. The topological polar surface area (TPSA) is 81.7 Å². The third kappa shape index (κ3) is 7.76. The predicted octanol–water partition coefficient (Wildman–Crippen LogP) is 5.20. The molecule has 0 bridgehead atoms. The Labute approximate surface area is 225 Å². The van der Waals surface area contributed by atoms with E-state index in [9.17, 15) is 14.4 Å². The number of ether oxygens (including phenoxy) is 2. The molecule has 38 heavy (non-hydrogen) atoms. The lowest BCUT2D eigenvalue weighted by Crippen LogP contribution is -2.56. The van der Waals surface area contributed by atoms with Gasteiger partial charge >= 0.3 is 11.9 Å². The Morgan fingerprint density at radius 2 is 1.32 bits per heavy atom. The normalized spacial score (nSPS) is 11.9. The summed E-state index contributed by atoms with van der Waals surface area (Å²) in [5.41, 5.74) is 4.42. The Balaban J connectivity index is 1.63. The van der Waals surface area contributed by atoms with Gasteiger partial charge in [0.2, 0.25) is 0 Å². The molecule has 1 N–H and O–H groups in total. The average molecular weight is 518 g/mol. The Bertz CT molecular complexity index is 1230. The van der Waals surface area contributed by atoms with E-state index in [2.05, 4.69) is 5.32 Å². The minimum absolute atomic E-state index is 0.0584. The molecule has 200 valence electrons. The maximum Gasteiger partial charge on any atom is 0.362 e. The second kappa shape index (κ2) is 13.0. The number of quaternary nitrogens is 1. The highest BCUT2D eigenvalue weighted by Crippen LogP contribution is 2.25. The van der Waals surface area contributed by atoms with Gasteiger partial charge in [0.15, 0.2) is 12.6 Å². The first-order chi connectivity index (χ1) is 18.1. The first kappa shape index (κ1) is 28.6. The van der Waals surface area contributed by atoms with E-state index < -0.39 is 12.0 Å². The predicted molar refractivity (Wildman–Crippen MR) is 147 cm³/mol. The summed E-state index contributed by atoms with van der Waals surface area (Å²) in [5.74, 6) is -0.981. The highest BCUT2D eigenvalue weighted by Gasteiger charge is 2.36. The Morgan fingerprint density at radius 3 is 1.82 bits per heavy atom. The molecule has 0 aliphatic carbocycles. The molecular formula is C31H37N2O5+. The van der Waals surface area contributed by atoms with Crippen molar-refractivity contribution in [3.05, 3.63) is 101 Å². The molecule has 7 nitrogen and oxygen atoms in total. The Hall–Kier alpha value is -3.97. The Kier molecular flexibility index (Phi) is 9.79. The number of hydrogen-bond acceptors (Lipinski definition) is 5. The summed E-state index contributed by atoms with van der Waals surface area (Å²) in [6.45, 7) is 6.06. The monoisotopic (exact) mass is 517 g/mol. The van der Waals surface area contributed by atoms with Crippen LogP contribution in [0.5, 0.6) is 0 Å². The molecule has 3 rings (SSSR count). The van der Waals surface area contributed by atoms with Crippen LogP contribution in [0.15, 0.2) is 72.8 Å². The number of hydrogen-bond donors (Lipinski definition) is 1. The van der Waals surface area contributed by atoms with Crippen molar-refractivity contribution in [3.8, 4) is 0 Å². The molecule has 3 aromatic carbocycles. The molecule has 1 amide bonds. The molecule has 1 atom stereocenters. The molecule has 3 aromatic rings.